The Labute approximate surface area is 124 Å². The van der Waals surface area contributed by atoms with Crippen molar-refractivity contribution in [1.29, 1.82) is 0 Å². The summed E-state index contributed by atoms with van der Waals surface area (Å²) < 4.78 is 4.28. The second kappa shape index (κ2) is 11.3. The summed E-state index contributed by atoms with van der Waals surface area (Å²) in [5.41, 5.74) is 2.49. The molecule has 0 aliphatic heterocycles. The minimum atomic E-state index is 0. The van der Waals surface area contributed by atoms with Crippen LogP contribution in [0.1, 0.15) is 52.9 Å². The lowest BCUT2D eigenvalue weighted by Crippen LogP contribution is -1.97. The Morgan fingerprint density at radius 1 is 0.900 bits per heavy atom. The summed E-state index contributed by atoms with van der Waals surface area (Å²) in [5.74, 6) is 0. The summed E-state index contributed by atoms with van der Waals surface area (Å²) >= 11 is 0. The second-order valence-electron chi connectivity index (χ2n) is 4.40. The quantitative estimate of drug-likeness (QED) is 0.828. The monoisotopic (exact) mass is 280 g/mol. The van der Waals surface area contributed by atoms with Crippen LogP contribution in [0.25, 0.3) is 0 Å². The van der Waals surface area contributed by atoms with Crippen LogP contribution in [0.4, 0.5) is 0 Å². The molecule has 20 heavy (non-hydrogen) atoms. The summed E-state index contributed by atoms with van der Waals surface area (Å²) in [7, 11) is 0. The van der Waals surface area contributed by atoms with E-state index >= 15 is 0 Å². The molecule has 0 amide bonds. The molecule has 0 bridgehead atoms. The van der Waals surface area contributed by atoms with Crippen LogP contribution in [0.5, 0.6) is 0 Å². The third-order valence-corrected chi connectivity index (χ3v) is 2.93. The third kappa shape index (κ3) is 6.55. The Hall–Kier alpha value is -1.58. The van der Waals surface area contributed by atoms with Gasteiger partial charge in [0.15, 0.2) is 0 Å². The summed E-state index contributed by atoms with van der Waals surface area (Å²) in [6.07, 6.45) is 9.99. The van der Waals surface area contributed by atoms with Gasteiger partial charge < -0.3 is 9.13 Å². The number of nitrogens with zero attached hydrogens (tertiary/aromatic N) is 4. The van der Waals surface area contributed by atoms with Crippen molar-refractivity contribution in [3.05, 3.63) is 36.4 Å². The van der Waals surface area contributed by atoms with E-state index in [1.54, 1.807) is 0 Å². The van der Waals surface area contributed by atoms with Crippen LogP contribution in [0.3, 0.4) is 0 Å². The van der Waals surface area contributed by atoms with Gasteiger partial charge in [-0.1, -0.05) is 28.2 Å². The molecule has 0 spiro atoms. The zero-order valence-electron chi connectivity index (χ0n) is 11.9. The molecule has 2 aromatic heterocycles. The summed E-state index contributed by atoms with van der Waals surface area (Å²) in [6, 6.07) is 0. The van der Waals surface area contributed by atoms with Crippen molar-refractivity contribution in [3.8, 4) is 0 Å². The van der Waals surface area contributed by atoms with Crippen LogP contribution in [0.2, 0.25) is 0 Å². The van der Waals surface area contributed by atoms with Gasteiger partial charge in [0.25, 0.3) is 0 Å². The molecule has 2 heterocycles. The maximum Gasteiger partial charge on any atom is 0.0948 e. The molecule has 2 aromatic rings. The van der Waals surface area contributed by atoms with E-state index in [1.165, 1.54) is 24.2 Å². The Morgan fingerprint density at radius 3 is 1.70 bits per heavy atom. The van der Waals surface area contributed by atoms with E-state index in [-0.39, 0.29) is 14.9 Å². The van der Waals surface area contributed by atoms with E-state index in [0.717, 1.165) is 13.1 Å². The van der Waals surface area contributed by atoms with Gasteiger partial charge in [-0.05, 0) is 27.2 Å². The normalized spacial score (nSPS) is 9.00. The van der Waals surface area contributed by atoms with Crippen LogP contribution in [0, 0.1) is 13.8 Å². The lowest BCUT2D eigenvalue weighted by molar-refractivity contribution is 0.619. The van der Waals surface area contributed by atoms with Gasteiger partial charge in [-0.25, -0.2) is 9.97 Å². The van der Waals surface area contributed by atoms with Crippen LogP contribution < -0.4 is 0 Å². The molecule has 0 unspecified atom stereocenters. The highest BCUT2D eigenvalue weighted by Crippen LogP contribution is 1.99. The average molecular weight is 280 g/mol. The number of hydrogen-bond acceptors (Lipinski definition) is 2. The molecule has 0 radical (unpaired) electrons. The van der Waals surface area contributed by atoms with Gasteiger partial charge in [-0.2, -0.15) is 0 Å². The summed E-state index contributed by atoms with van der Waals surface area (Å²) in [5, 5.41) is 0. The summed E-state index contributed by atoms with van der Waals surface area (Å²) in [6.45, 7) is 10.6. The molecule has 2 rings (SSSR count). The number of aromatic nitrogens is 4. The van der Waals surface area contributed by atoms with Gasteiger partial charge in [0.1, 0.15) is 0 Å². The topological polar surface area (TPSA) is 35.6 Å². The number of unbranched alkanes of at least 4 members (excludes halogenated alkanes) is 1. The fourth-order valence-corrected chi connectivity index (χ4v) is 1.67. The molecule has 4 nitrogen and oxygen atoms in total. The van der Waals surface area contributed by atoms with E-state index in [9.17, 15) is 0 Å². The molecule has 0 fully saturated rings. The van der Waals surface area contributed by atoms with Crippen molar-refractivity contribution in [2.75, 3.05) is 0 Å². The Kier molecular flexibility index (Phi) is 11.7. The largest absolute Gasteiger partial charge is 0.335 e. The van der Waals surface area contributed by atoms with Crippen molar-refractivity contribution in [2.45, 2.75) is 68.5 Å². The summed E-state index contributed by atoms with van der Waals surface area (Å²) in [4.78, 5) is 7.99. The first-order chi connectivity index (χ1) is 8.69. The fraction of sp³-hybridized carbons (Fsp3) is 0.625. The molecule has 0 saturated heterocycles. The number of imidazole rings is 2. The van der Waals surface area contributed by atoms with E-state index in [4.69, 9.17) is 0 Å². The minimum absolute atomic E-state index is 0. The first-order valence-electron chi connectivity index (χ1n) is 6.62. The van der Waals surface area contributed by atoms with Crippen molar-refractivity contribution in [2.24, 2.45) is 0 Å². The van der Waals surface area contributed by atoms with Crippen LogP contribution in [-0.4, -0.2) is 19.1 Å². The SMILES string of the molecule is C.C.CCCCn1cncc1C.CCn1cncc1C. The van der Waals surface area contributed by atoms with Gasteiger partial charge in [0.2, 0.25) is 0 Å². The number of aryl methyl sites for hydroxylation is 4. The molecular formula is C16H32N4. The zero-order valence-corrected chi connectivity index (χ0v) is 11.9. The molecule has 0 saturated carbocycles. The van der Waals surface area contributed by atoms with E-state index in [0.29, 0.717) is 0 Å². The first-order valence-corrected chi connectivity index (χ1v) is 6.62. The van der Waals surface area contributed by atoms with Gasteiger partial charge in [0.05, 0.1) is 12.7 Å². The van der Waals surface area contributed by atoms with Crippen LogP contribution in [0.15, 0.2) is 25.0 Å². The molecular weight excluding hydrogens is 248 g/mol. The van der Waals surface area contributed by atoms with Gasteiger partial charge >= 0.3 is 0 Å². The first kappa shape index (κ1) is 20.7. The molecule has 0 aliphatic rings. The van der Waals surface area contributed by atoms with Gasteiger partial charge in [0, 0.05) is 36.9 Å². The lowest BCUT2D eigenvalue weighted by Gasteiger charge is -2.01. The standard InChI is InChI=1S/C8H14N2.C6H10N2.2CH4/c1-3-4-5-10-7-9-6-8(10)2;1-3-8-5-7-4-6(8)2;;/h6-7H,3-5H2,1-2H3;4-5H,3H2,1-2H3;2*1H4. The van der Waals surface area contributed by atoms with Gasteiger partial charge in [-0.15, -0.1) is 0 Å². The predicted molar refractivity (Wildman–Crippen MR) is 88.0 cm³/mol. The Balaban J connectivity index is 0. The Bertz CT molecular complexity index is 443. The minimum Gasteiger partial charge on any atom is -0.335 e. The molecule has 0 aromatic carbocycles. The van der Waals surface area contributed by atoms with Gasteiger partial charge in [-0.3, -0.25) is 0 Å². The van der Waals surface area contributed by atoms with Crippen molar-refractivity contribution in [1.82, 2.24) is 19.1 Å². The Morgan fingerprint density at radius 2 is 1.40 bits per heavy atom. The highest BCUT2D eigenvalue weighted by atomic mass is 15.0. The maximum atomic E-state index is 4.04. The smallest absolute Gasteiger partial charge is 0.0948 e. The van der Waals surface area contributed by atoms with Crippen molar-refractivity contribution >= 4 is 0 Å². The lowest BCUT2D eigenvalue weighted by atomic mass is 10.3. The highest BCUT2D eigenvalue weighted by Gasteiger charge is 1.92. The second-order valence-corrected chi connectivity index (χ2v) is 4.40. The average Bonchev–Trinajstić information content (AvgIpc) is 2.96. The molecule has 116 valence electrons. The van der Waals surface area contributed by atoms with Crippen LogP contribution >= 0.6 is 0 Å². The third-order valence-electron chi connectivity index (χ3n) is 2.93. The number of rotatable bonds is 4. The maximum absolute atomic E-state index is 4.04. The van der Waals surface area contributed by atoms with E-state index < -0.39 is 0 Å². The van der Waals surface area contributed by atoms with Crippen LogP contribution in [-0.2, 0) is 13.1 Å². The van der Waals surface area contributed by atoms with E-state index in [2.05, 4.69) is 46.8 Å². The highest BCUT2D eigenvalue weighted by molar-refractivity contribution is 4.93. The number of hydrogen-bond donors (Lipinski definition) is 0. The molecule has 4 heteroatoms. The van der Waals surface area contributed by atoms with Crippen molar-refractivity contribution in [3.63, 3.8) is 0 Å². The molecule has 0 aliphatic carbocycles. The van der Waals surface area contributed by atoms with Crippen molar-refractivity contribution < 1.29 is 0 Å². The van der Waals surface area contributed by atoms with E-state index in [1.807, 2.05) is 25.0 Å². The fourth-order valence-electron chi connectivity index (χ4n) is 1.67. The predicted octanol–water partition coefficient (Wildman–Crippen LogP) is 4.48. The zero-order chi connectivity index (χ0) is 13.4. The molecule has 0 N–H and O–H groups in total. The molecule has 0 atom stereocenters.